The van der Waals surface area contributed by atoms with E-state index in [4.69, 9.17) is 10.8 Å². The fraction of sp³-hybridized carbons (Fsp3) is 0.800. The lowest BCUT2D eigenvalue weighted by atomic mass is 10.1. The van der Waals surface area contributed by atoms with Crippen LogP contribution in [0, 0.1) is 11.8 Å². The summed E-state index contributed by atoms with van der Waals surface area (Å²) in [5, 5.41) is 8.75. The van der Waals surface area contributed by atoms with Gasteiger partial charge >= 0.3 is 5.97 Å². The normalized spacial score (nSPS) is 14.9. The van der Waals surface area contributed by atoms with Crippen molar-refractivity contribution in [2.24, 2.45) is 17.6 Å². The van der Waals surface area contributed by atoms with Crippen LogP contribution in [0.5, 0.6) is 0 Å². The van der Waals surface area contributed by atoms with E-state index in [1.165, 1.54) is 0 Å². The zero-order valence-electron chi connectivity index (χ0n) is 9.56. The molecule has 0 aromatic carbocycles. The molecular weight excluding hydrogens is 196 g/mol. The smallest absolute Gasteiger partial charge is 0.307 e. The quantitative estimate of drug-likeness (QED) is 0.634. The summed E-state index contributed by atoms with van der Waals surface area (Å²) in [5.74, 6) is -1.84. The molecule has 0 rings (SSSR count). The van der Waals surface area contributed by atoms with Crippen molar-refractivity contribution in [1.29, 1.82) is 0 Å². The topological polar surface area (TPSA) is 83.6 Å². The lowest BCUT2D eigenvalue weighted by Gasteiger charge is -2.24. The van der Waals surface area contributed by atoms with Crippen LogP contribution in [0.3, 0.4) is 0 Å². The first-order valence-electron chi connectivity index (χ1n) is 5.12. The highest BCUT2D eigenvalue weighted by Gasteiger charge is 2.18. The van der Waals surface area contributed by atoms with Crippen LogP contribution in [0.2, 0.25) is 0 Å². The second-order valence-electron chi connectivity index (χ2n) is 3.89. The van der Waals surface area contributed by atoms with Gasteiger partial charge in [-0.15, -0.1) is 0 Å². The lowest BCUT2D eigenvalue weighted by molar-refractivity contribution is -0.141. The van der Waals surface area contributed by atoms with Gasteiger partial charge in [0.25, 0.3) is 0 Å². The molecule has 0 aliphatic heterocycles. The second-order valence-corrected chi connectivity index (χ2v) is 3.89. The van der Waals surface area contributed by atoms with Crippen molar-refractivity contribution in [1.82, 2.24) is 4.90 Å². The Bertz CT molecular complexity index is 209. The van der Waals surface area contributed by atoms with Crippen molar-refractivity contribution in [2.45, 2.75) is 20.8 Å². The summed E-state index contributed by atoms with van der Waals surface area (Å²) in [6.45, 7) is 7.01. The van der Waals surface area contributed by atoms with Gasteiger partial charge in [0.05, 0.1) is 5.92 Å². The molecule has 0 radical (unpaired) electrons. The summed E-state index contributed by atoms with van der Waals surface area (Å²) in [7, 11) is 0. The molecule has 0 aromatic rings. The fourth-order valence-corrected chi connectivity index (χ4v) is 1.28. The highest BCUT2D eigenvalue weighted by atomic mass is 16.4. The maximum atomic E-state index is 10.8. The highest BCUT2D eigenvalue weighted by molar-refractivity contribution is 5.76. The van der Waals surface area contributed by atoms with Crippen LogP contribution in [0.4, 0.5) is 0 Å². The van der Waals surface area contributed by atoms with E-state index in [2.05, 4.69) is 0 Å². The number of amides is 1. The average Bonchev–Trinajstić information content (AvgIpc) is 2.15. The minimum absolute atomic E-state index is 0.244. The van der Waals surface area contributed by atoms with Gasteiger partial charge in [-0.25, -0.2) is 0 Å². The predicted molar refractivity (Wildman–Crippen MR) is 57.3 cm³/mol. The molecule has 2 unspecified atom stereocenters. The van der Waals surface area contributed by atoms with Gasteiger partial charge in [0.2, 0.25) is 5.91 Å². The van der Waals surface area contributed by atoms with Gasteiger partial charge < -0.3 is 15.7 Å². The van der Waals surface area contributed by atoms with E-state index in [9.17, 15) is 9.59 Å². The van der Waals surface area contributed by atoms with Gasteiger partial charge in [-0.2, -0.15) is 0 Å². The Hall–Kier alpha value is -1.10. The monoisotopic (exact) mass is 216 g/mol. The number of carbonyl (C=O) groups excluding carboxylic acids is 1. The maximum absolute atomic E-state index is 10.8. The molecule has 5 nitrogen and oxygen atoms in total. The lowest BCUT2D eigenvalue weighted by Crippen LogP contribution is -2.38. The molecule has 0 fully saturated rings. The Labute approximate surface area is 90.2 Å². The molecule has 15 heavy (non-hydrogen) atoms. The number of rotatable bonds is 7. The minimum atomic E-state index is -0.819. The molecule has 0 bridgehead atoms. The van der Waals surface area contributed by atoms with Crippen LogP contribution in [-0.4, -0.2) is 41.5 Å². The summed E-state index contributed by atoms with van der Waals surface area (Å²) in [6.07, 6.45) is 0. The van der Waals surface area contributed by atoms with Crippen molar-refractivity contribution in [2.75, 3.05) is 19.6 Å². The zero-order chi connectivity index (χ0) is 12.0. The van der Waals surface area contributed by atoms with Crippen molar-refractivity contribution >= 4 is 11.9 Å². The molecule has 0 saturated heterocycles. The first-order valence-corrected chi connectivity index (χ1v) is 5.12. The van der Waals surface area contributed by atoms with Gasteiger partial charge in [0.1, 0.15) is 0 Å². The molecule has 0 saturated carbocycles. The first-order chi connectivity index (χ1) is 6.88. The number of hydrogen-bond donors (Lipinski definition) is 2. The molecule has 0 heterocycles. The number of carboxylic acids is 1. The van der Waals surface area contributed by atoms with E-state index in [-0.39, 0.29) is 11.8 Å². The fourth-order valence-electron chi connectivity index (χ4n) is 1.28. The molecule has 1 amide bonds. The van der Waals surface area contributed by atoms with Gasteiger partial charge in [0.15, 0.2) is 0 Å². The summed E-state index contributed by atoms with van der Waals surface area (Å²) < 4.78 is 0. The van der Waals surface area contributed by atoms with Crippen molar-refractivity contribution < 1.29 is 14.7 Å². The Morgan fingerprint density at radius 1 is 1.27 bits per heavy atom. The minimum Gasteiger partial charge on any atom is -0.481 e. The third-order valence-electron chi connectivity index (χ3n) is 2.42. The molecule has 0 spiro atoms. The van der Waals surface area contributed by atoms with Crippen LogP contribution in [0.25, 0.3) is 0 Å². The number of hydrogen-bond acceptors (Lipinski definition) is 3. The van der Waals surface area contributed by atoms with E-state index >= 15 is 0 Å². The van der Waals surface area contributed by atoms with E-state index in [1.54, 1.807) is 13.8 Å². The van der Waals surface area contributed by atoms with E-state index in [0.717, 1.165) is 6.54 Å². The van der Waals surface area contributed by atoms with Crippen molar-refractivity contribution in [3.63, 3.8) is 0 Å². The largest absolute Gasteiger partial charge is 0.481 e. The number of aliphatic carboxylic acids is 1. The van der Waals surface area contributed by atoms with Crippen LogP contribution in [-0.2, 0) is 9.59 Å². The Morgan fingerprint density at radius 3 is 2.07 bits per heavy atom. The summed E-state index contributed by atoms with van der Waals surface area (Å²) in [6, 6.07) is 0. The average molecular weight is 216 g/mol. The van der Waals surface area contributed by atoms with Crippen LogP contribution in [0.1, 0.15) is 20.8 Å². The van der Waals surface area contributed by atoms with Crippen LogP contribution >= 0.6 is 0 Å². The molecule has 88 valence electrons. The molecular formula is C10H20N2O3. The van der Waals surface area contributed by atoms with Gasteiger partial charge in [0, 0.05) is 19.0 Å². The SMILES string of the molecule is CCN(CC(C)C(N)=O)CC(C)C(=O)O. The number of carboxylic acid groups (broad SMARTS) is 1. The number of carbonyl (C=O) groups is 2. The zero-order valence-corrected chi connectivity index (χ0v) is 9.56. The molecule has 0 aromatic heterocycles. The third kappa shape index (κ3) is 5.37. The van der Waals surface area contributed by atoms with E-state index in [1.807, 2.05) is 11.8 Å². The van der Waals surface area contributed by atoms with E-state index < -0.39 is 11.9 Å². The Balaban J connectivity index is 4.14. The predicted octanol–water partition coefficient (Wildman–Crippen LogP) is 0.150. The molecule has 5 heteroatoms. The van der Waals surface area contributed by atoms with Gasteiger partial charge in [-0.3, -0.25) is 9.59 Å². The van der Waals surface area contributed by atoms with Crippen LogP contribution < -0.4 is 5.73 Å². The maximum Gasteiger partial charge on any atom is 0.307 e. The van der Waals surface area contributed by atoms with Crippen LogP contribution in [0.15, 0.2) is 0 Å². The van der Waals surface area contributed by atoms with Gasteiger partial charge in [-0.1, -0.05) is 20.8 Å². The standard InChI is InChI=1S/C10H20N2O3/c1-4-12(5-7(2)9(11)13)6-8(3)10(14)15/h7-8H,4-6H2,1-3H3,(H2,11,13)(H,14,15). The van der Waals surface area contributed by atoms with Gasteiger partial charge in [-0.05, 0) is 6.54 Å². The Kier molecular flexibility index (Phi) is 5.93. The van der Waals surface area contributed by atoms with E-state index in [0.29, 0.717) is 13.1 Å². The number of primary amides is 1. The summed E-state index contributed by atoms with van der Waals surface area (Å²) >= 11 is 0. The third-order valence-corrected chi connectivity index (χ3v) is 2.42. The molecule has 3 N–H and O–H groups in total. The summed E-state index contributed by atoms with van der Waals surface area (Å²) in [5.41, 5.74) is 5.15. The van der Waals surface area contributed by atoms with Crippen molar-refractivity contribution in [3.05, 3.63) is 0 Å². The first kappa shape index (κ1) is 13.9. The van der Waals surface area contributed by atoms with Crippen molar-refractivity contribution in [3.8, 4) is 0 Å². The Morgan fingerprint density at radius 2 is 1.73 bits per heavy atom. The molecule has 0 aliphatic carbocycles. The second kappa shape index (κ2) is 6.40. The highest BCUT2D eigenvalue weighted by Crippen LogP contribution is 2.04. The summed E-state index contributed by atoms with van der Waals surface area (Å²) in [4.78, 5) is 23.4. The number of nitrogens with two attached hydrogens (primary N) is 1. The molecule has 0 aliphatic rings. The number of nitrogens with zero attached hydrogens (tertiary/aromatic N) is 1. The molecule has 2 atom stereocenters.